The Balaban J connectivity index is 1.71. The second-order valence-electron chi connectivity index (χ2n) is 6.86. The van der Waals surface area contributed by atoms with E-state index in [-0.39, 0.29) is 0 Å². The molecule has 0 bridgehead atoms. The molecule has 24 heavy (non-hydrogen) atoms. The molecule has 3 rings (SSSR count). The molecule has 0 spiro atoms. The van der Waals surface area contributed by atoms with E-state index in [1.807, 2.05) is 7.05 Å². The lowest BCUT2D eigenvalue weighted by Crippen LogP contribution is -2.33. The van der Waals surface area contributed by atoms with Crippen LogP contribution in [0.4, 0.5) is 5.13 Å². The van der Waals surface area contributed by atoms with Crippen LogP contribution >= 0.6 is 11.3 Å². The first-order valence-corrected chi connectivity index (χ1v) is 9.63. The number of hydrogen-bond donors (Lipinski definition) is 1. The molecule has 1 fully saturated rings. The molecule has 1 N–H and O–H groups in total. The van der Waals surface area contributed by atoms with Gasteiger partial charge in [0.15, 0.2) is 5.13 Å². The van der Waals surface area contributed by atoms with Gasteiger partial charge in [-0.25, -0.2) is 4.98 Å². The minimum atomic E-state index is 0.520. The van der Waals surface area contributed by atoms with Crippen molar-refractivity contribution in [1.29, 1.82) is 0 Å². The maximum atomic E-state index is 4.66. The van der Waals surface area contributed by atoms with E-state index >= 15 is 0 Å². The third kappa shape index (κ3) is 4.35. The number of aromatic nitrogens is 1. The fraction of sp³-hybridized carbons (Fsp3) is 0.526. The van der Waals surface area contributed by atoms with Gasteiger partial charge in [0.2, 0.25) is 0 Å². The fourth-order valence-electron chi connectivity index (χ4n) is 3.47. The lowest BCUT2D eigenvalue weighted by atomic mass is 9.94. The molecule has 2 heterocycles. The van der Waals surface area contributed by atoms with E-state index in [1.54, 1.807) is 11.3 Å². The number of hydrogen-bond acceptors (Lipinski definition) is 5. The number of nitrogens with zero attached hydrogens (tertiary/aromatic N) is 3. The quantitative estimate of drug-likeness (QED) is 0.859. The summed E-state index contributed by atoms with van der Waals surface area (Å²) in [5, 5.41) is 6.32. The summed E-state index contributed by atoms with van der Waals surface area (Å²) in [5.74, 6) is 0. The summed E-state index contributed by atoms with van der Waals surface area (Å²) >= 11 is 1.69. The second kappa shape index (κ2) is 8.10. The average molecular weight is 345 g/mol. The van der Waals surface area contributed by atoms with Crippen LogP contribution in [0.25, 0.3) is 0 Å². The maximum absolute atomic E-state index is 4.66. The smallest absolute Gasteiger partial charge is 0.182 e. The summed E-state index contributed by atoms with van der Waals surface area (Å²) in [4.78, 5) is 9.47. The van der Waals surface area contributed by atoms with Gasteiger partial charge >= 0.3 is 0 Å². The number of rotatable bonds is 6. The predicted octanol–water partition coefficient (Wildman–Crippen LogP) is 3.97. The van der Waals surface area contributed by atoms with Crippen molar-refractivity contribution in [3.63, 3.8) is 0 Å². The van der Waals surface area contributed by atoms with Gasteiger partial charge in [0.25, 0.3) is 0 Å². The van der Waals surface area contributed by atoms with Crippen LogP contribution in [0.15, 0.2) is 29.6 Å². The van der Waals surface area contributed by atoms with Crippen LogP contribution in [0, 0.1) is 0 Å². The molecule has 0 saturated carbocycles. The molecule has 1 aromatic heterocycles. The van der Waals surface area contributed by atoms with Crippen molar-refractivity contribution in [1.82, 2.24) is 14.8 Å². The number of benzene rings is 1. The number of thiazole rings is 1. The van der Waals surface area contributed by atoms with Gasteiger partial charge in [0.1, 0.15) is 0 Å². The lowest BCUT2D eigenvalue weighted by molar-refractivity contribution is 0.139. The first-order chi connectivity index (χ1) is 11.7. The van der Waals surface area contributed by atoms with E-state index in [1.165, 1.54) is 36.1 Å². The molecule has 1 aromatic carbocycles. The van der Waals surface area contributed by atoms with Crippen LogP contribution in [0.5, 0.6) is 0 Å². The zero-order valence-electron chi connectivity index (χ0n) is 15.0. The van der Waals surface area contributed by atoms with E-state index in [2.05, 4.69) is 63.8 Å². The first kappa shape index (κ1) is 17.4. The van der Waals surface area contributed by atoms with Crippen molar-refractivity contribution in [2.24, 2.45) is 0 Å². The Morgan fingerprint density at radius 1 is 1.25 bits per heavy atom. The molecule has 5 heteroatoms. The van der Waals surface area contributed by atoms with Gasteiger partial charge in [-0.3, -0.25) is 4.90 Å². The second-order valence-corrected chi connectivity index (χ2v) is 7.71. The third-order valence-electron chi connectivity index (χ3n) is 4.61. The predicted molar refractivity (Wildman–Crippen MR) is 102 cm³/mol. The highest BCUT2D eigenvalue weighted by atomic mass is 32.1. The Morgan fingerprint density at radius 3 is 2.71 bits per heavy atom. The van der Waals surface area contributed by atoms with Gasteiger partial charge in [-0.15, -0.1) is 11.3 Å². The van der Waals surface area contributed by atoms with E-state index in [4.69, 9.17) is 0 Å². The summed E-state index contributed by atoms with van der Waals surface area (Å²) in [7, 11) is 6.16. The molecular weight excluding hydrogens is 316 g/mol. The minimum Gasteiger partial charge on any atom is -0.365 e. The molecule has 1 aliphatic heterocycles. The third-order valence-corrected chi connectivity index (χ3v) is 5.52. The molecule has 130 valence electrons. The molecular formula is C19H28N4S. The molecule has 0 amide bonds. The van der Waals surface area contributed by atoms with Crippen molar-refractivity contribution in [2.45, 2.75) is 38.4 Å². The van der Waals surface area contributed by atoms with Crippen molar-refractivity contribution in [3.8, 4) is 0 Å². The van der Waals surface area contributed by atoms with Crippen LogP contribution in [-0.4, -0.2) is 42.5 Å². The highest BCUT2D eigenvalue weighted by Crippen LogP contribution is 2.32. The normalized spacial score (nSPS) is 18.9. The first-order valence-electron chi connectivity index (χ1n) is 8.75. The van der Waals surface area contributed by atoms with E-state index in [0.717, 1.165) is 24.8 Å². The van der Waals surface area contributed by atoms with Crippen LogP contribution in [-0.2, 0) is 13.1 Å². The average Bonchev–Trinajstić information content (AvgIpc) is 3.03. The van der Waals surface area contributed by atoms with E-state index < -0.39 is 0 Å². The maximum Gasteiger partial charge on any atom is 0.182 e. The van der Waals surface area contributed by atoms with E-state index in [9.17, 15) is 0 Å². The fourth-order valence-corrected chi connectivity index (χ4v) is 4.13. The zero-order chi connectivity index (χ0) is 16.9. The Morgan fingerprint density at radius 2 is 2.04 bits per heavy atom. The standard InChI is InChI=1S/C19H28N4S/c1-20-19-21-17(14-24-19)13-23-11-5-4-6-18(23)16-9-7-15(8-10-16)12-22(2)3/h7-10,14,18H,4-6,11-13H2,1-3H3,(H,20,21)/t18-/m1/s1. The van der Waals surface area contributed by atoms with Crippen molar-refractivity contribution >= 4 is 16.5 Å². The van der Waals surface area contributed by atoms with Crippen molar-refractivity contribution < 1.29 is 0 Å². The molecule has 0 aliphatic carbocycles. The molecule has 1 atom stereocenters. The summed E-state index contributed by atoms with van der Waals surface area (Å²) in [5.41, 5.74) is 4.01. The van der Waals surface area contributed by atoms with Gasteiger partial charge in [0.05, 0.1) is 5.69 Å². The van der Waals surface area contributed by atoms with Gasteiger partial charge in [-0.05, 0) is 44.6 Å². The molecule has 1 saturated heterocycles. The van der Waals surface area contributed by atoms with Crippen molar-refractivity contribution in [3.05, 3.63) is 46.5 Å². The highest BCUT2D eigenvalue weighted by Gasteiger charge is 2.24. The number of likely N-dealkylation sites (tertiary alicyclic amines) is 1. The Labute approximate surface area is 149 Å². The van der Waals surface area contributed by atoms with Crippen LogP contribution < -0.4 is 5.32 Å². The molecule has 4 nitrogen and oxygen atoms in total. The summed E-state index contributed by atoms with van der Waals surface area (Å²) in [6.45, 7) is 3.11. The Kier molecular flexibility index (Phi) is 5.87. The van der Waals surface area contributed by atoms with Gasteiger partial charge in [-0.1, -0.05) is 30.7 Å². The Bertz CT molecular complexity index is 635. The number of nitrogens with one attached hydrogen (secondary N) is 1. The van der Waals surface area contributed by atoms with E-state index in [0.29, 0.717) is 6.04 Å². The minimum absolute atomic E-state index is 0.520. The molecule has 1 aliphatic rings. The van der Waals surface area contributed by atoms with Gasteiger partial charge < -0.3 is 10.2 Å². The van der Waals surface area contributed by atoms with Crippen LogP contribution in [0.2, 0.25) is 0 Å². The topological polar surface area (TPSA) is 31.4 Å². The molecule has 0 radical (unpaired) electrons. The lowest BCUT2D eigenvalue weighted by Gasteiger charge is -2.35. The summed E-state index contributed by atoms with van der Waals surface area (Å²) in [6.07, 6.45) is 3.85. The number of anilines is 1. The Hall–Kier alpha value is -1.43. The summed E-state index contributed by atoms with van der Waals surface area (Å²) in [6, 6.07) is 9.73. The van der Waals surface area contributed by atoms with Crippen LogP contribution in [0.1, 0.15) is 42.1 Å². The summed E-state index contributed by atoms with van der Waals surface area (Å²) < 4.78 is 0. The number of piperidine rings is 1. The molecule has 2 aromatic rings. The monoisotopic (exact) mass is 344 g/mol. The van der Waals surface area contributed by atoms with Gasteiger partial charge in [0, 0.05) is 31.6 Å². The highest BCUT2D eigenvalue weighted by molar-refractivity contribution is 7.13. The van der Waals surface area contributed by atoms with Crippen LogP contribution in [0.3, 0.4) is 0 Å². The zero-order valence-corrected chi connectivity index (χ0v) is 15.8. The van der Waals surface area contributed by atoms with Gasteiger partial charge in [-0.2, -0.15) is 0 Å². The van der Waals surface area contributed by atoms with Crippen molar-refractivity contribution in [2.75, 3.05) is 33.0 Å². The molecule has 0 unspecified atom stereocenters. The largest absolute Gasteiger partial charge is 0.365 e. The SMILES string of the molecule is CNc1nc(CN2CCCC[C@@H]2c2ccc(CN(C)C)cc2)cs1.